The predicted molar refractivity (Wildman–Crippen MR) is 56.7 cm³/mol. The van der Waals surface area contributed by atoms with Crippen LogP contribution in [0.1, 0.15) is 0 Å². The summed E-state index contributed by atoms with van der Waals surface area (Å²) in [4.78, 5) is 11.2. The summed E-state index contributed by atoms with van der Waals surface area (Å²) in [5.74, 6) is -2.14. The molecule has 0 saturated carbocycles. The van der Waals surface area contributed by atoms with Crippen LogP contribution in [0.4, 0.5) is 8.78 Å². The van der Waals surface area contributed by atoms with Gasteiger partial charge in [0.15, 0.2) is 11.6 Å². The Morgan fingerprint density at radius 1 is 1.47 bits per heavy atom. The maximum atomic E-state index is 13.2. The predicted octanol–water partition coefficient (Wildman–Crippen LogP) is 1.10. The van der Waals surface area contributed by atoms with Crippen molar-refractivity contribution in [3.05, 3.63) is 29.8 Å². The fourth-order valence-electron chi connectivity index (χ4n) is 1.18. The van der Waals surface area contributed by atoms with E-state index in [4.69, 9.17) is 4.74 Å². The lowest BCUT2D eigenvalue weighted by molar-refractivity contribution is -0.143. The molecule has 0 aliphatic heterocycles. The van der Waals surface area contributed by atoms with Gasteiger partial charge >= 0.3 is 5.97 Å². The van der Waals surface area contributed by atoms with Crippen molar-refractivity contribution >= 4 is 5.97 Å². The molecule has 0 spiro atoms. The number of carbonyl (C=O) groups is 1. The Bertz CT molecular complexity index is 398. The molecule has 1 aromatic rings. The number of esters is 1. The highest BCUT2D eigenvalue weighted by atomic mass is 19.1. The quantitative estimate of drug-likeness (QED) is 0.789. The molecular formula is C11H13F2NO3. The highest BCUT2D eigenvalue weighted by Gasteiger charge is 2.18. The van der Waals surface area contributed by atoms with Gasteiger partial charge in [-0.2, -0.15) is 0 Å². The van der Waals surface area contributed by atoms with E-state index in [0.717, 1.165) is 12.1 Å². The minimum Gasteiger partial charge on any atom is -0.488 e. The lowest BCUT2D eigenvalue weighted by atomic mass is 10.3. The van der Waals surface area contributed by atoms with Crippen LogP contribution in [0.25, 0.3) is 0 Å². The first-order valence-electron chi connectivity index (χ1n) is 4.91. The summed E-state index contributed by atoms with van der Waals surface area (Å²) in [6.07, 6.45) is 0. The van der Waals surface area contributed by atoms with E-state index >= 15 is 0 Å². The molecule has 0 heterocycles. The Kier molecular flexibility index (Phi) is 4.84. The summed E-state index contributed by atoms with van der Waals surface area (Å²) in [5, 5.41) is 2.66. The number of likely N-dealkylation sites (N-methyl/N-ethyl adjacent to an activating group) is 1. The average molecular weight is 245 g/mol. The van der Waals surface area contributed by atoms with E-state index in [1.165, 1.54) is 7.11 Å². The van der Waals surface area contributed by atoms with E-state index in [9.17, 15) is 13.6 Å². The Morgan fingerprint density at radius 3 is 2.71 bits per heavy atom. The zero-order valence-corrected chi connectivity index (χ0v) is 9.50. The molecule has 0 amide bonds. The number of hydrogen-bond donors (Lipinski definition) is 1. The van der Waals surface area contributed by atoms with Crippen LogP contribution in [0.2, 0.25) is 0 Å². The molecule has 1 unspecified atom stereocenters. The van der Waals surface area contributed by atoms with Crippen LogP contribution >= 0.6 is 0 Å². The van der Waals surface area contributed by atoms with Crippen LogP contribution in [-0.2, 0) is 9.53 Å². The van der Waals surface area contributed by atoms with Gasteiger partial charge in [-0.25, -0.2) is 8.78 Å². The van der Waals surface area contributed by atoms with Gasteiger partial charge in [-0.1, -0.05) is 0 Å². The number of carbonyl (C=O) groups excluding carboxylic acids is 1. The molecule has 1 atom stereocenters. The van der Waals surface area contributed by atoms with Crippen LogP contribution in [0, 0.1) is 11.6 Å². The molecule has 0 aliphatic carbocycles. The maximum Gasteiger partial charge on any atom is 0.326 e. The molecular weight excluding hydrogens is 232 g/mol. The molecule has 0 radical (unpaired) electrons. The highest BCUT2D eigenvalue weighted by molar-refractivity contribution is 5.75. The standard InChI is InChI=1S/C11H13F2NO3/c1-14-9(11(15)16-2)6-17-10-4-3-7(12)5-8(10)13/h3-5,9,14H,6H2,1-2H3. The van der Waals surface area contributed by atoms with E-state index in [0.29, 0.717) is 6.07 Å². The van der Waals surface area contributed by atoms with Gasteiger partial charge in [0, 0.05) is 6.07 Å². The number of hydrogen-bond acceptors (Lipinski definition) is 4. The van der Waals surface area contributed by atoms with Crippen molar-refractivity contribution in [2.75, 3.05) is 20.8 Å². The van der Waals surface area contributed by atoms with Gasteiger partial charge in [0.05, 0.1) is 7.11 Å². The van der Waals surface area contributed by atoms with E-state index < -0.39 is 23.6 Å². The number of ether oxygens (including phenoxy) is 2. The van der Waals surface area contributed by atoms with Gasteiger partial charge in [-0.3, -0.25) is 4.79 Å². The van der Waals surface area contributed by atoms with E-state index in [-0.39, 0.29) is 12.4 Å². The van der Waals surface area contributed by atoms with Crippen molar-refractivity contribution in [3.8, 4) is 5.75 Å². The molecule has 0 saturated heterocycles. The molecule has 0 aromatic heterocycles. The monoisotopic (exact) mass is 245 g/mol. The van der Waals surface area contributed by atoms with Crippen molar-refractivity contribution in [2.24, 2.45) is 0 Å². The first kappa shape index (κ1) is 13.4. The third kappa shape index (κ3) is 3.67. The summed E-state index contributed by atoms with van der Waals surface area (Å²) in [6.45, 7) is -0.105. The summed E-state index contributed by atoms with van der Waals surface area (Å²) >= 11 is 0. The fraction of sp³-hybridized carbons (Fsp3) is 0.364. The first-order valence-corrected chi connectivity index (χ1v) is 4.91. The summed E-state index contributed by atoms with van der Waals surface area (Å²) < 4.78 is 35.4. The molecule has 4 nitrogen and oxygen atoms in total. The second-order valence-corrected chi connectivity index (χ2v) is 3.25. The summed E-state index contributed by atoms with van der Waals surface area (Å²) in [6, 6.07) is 2.24. The third-order valence-corrected chi connectivity index (χ3v) is 2.13. The normalized spacial score (nSPS) is 12.0. The first-order chi connectivity index (χ1) is 8.08. The van der Waals surface area contributed by atoms with Crippen LogP contribution < -0.4 is 10.1 Å². The number of benzene rings is 1. The molecule has 1 aromatic carbocycles. The Balaban J connectivity index is 2.62. The maximum absolute atomic E-state index is 13.2. The van der Waals surface area contributed by atoms with Crippen LogP contribution in [0.5, 0.6) is 5.75 Å². The fourth-order valence-corrected chi connectivity index (χ4v) is 1.18. The number of nitrogens with one attached hydrogen (secondary N) is 1. The number of methoxy groups -OCH3 is 1. The summed E-state index contributed by atoms with van der Waals surface area (Å²) in [5.41, 5.74) is 0. The van der Waals surface area contributed by atoms with Gasteiger partial charge < -0.3 is 14.8 Å². The molecule has 6 heteroatoms. The van der Waals surface area contributed by atoms with Gasteiger partial charge in [-0.15, -0.1) is 0 Å². The average Bonchev–Trinajstić information content (AvgIpc) is 2.31. The van der Waals surface area contributed by atoms with Gasteiger partial charge in [0.25, 0.3) is 0 Å². The molecule has 0 aliphatic rings. The highest BCUT2D eigenvalue weighted by Crippen LogP contribution is 2.17. The van der Waals surface area contributed by atoms with Crippen molar-refractivity contribution < 1.29 is 23.0 Å². The van der Waals surface area contributed by atoms with Crippen molar-refractivity contribution in [2.45, 2.75) is 6.04 Å². The van der Waals surface area contributed by atoms with Gasteiger partial charge in [0.2, 0.25) is 0 Å². The van der Waals surface area contributed by atoms with E-state index in [1.54, 1.807) is 7.05 Å². The van der Waals surface area contributed by atoms with Gasteiger partial charge in [-0.05, 0) is 19.2 Å². The largest absolute Gasteiger partial charge is 0.488 e. The Labute approximate surface area is 97.5 Å². The van der Waals surface area contributed by atoms with E-state index in [2.05, 4.69) is 10.1 Å². The van der Waals surface area contributed by atoms with Crippen molar-refractivity contribution in [1.29, 1.82) is 0 Å². The van der Waals surface area contributed by atoms with Crippen LogP contribution in [-0.4, -0.2) is 32.8 Å². The van der Waals surface area contributed by atoms with Crippen molar-refractivity contribution in [3.63, 3.8) is 0 Å². The molecule has 0 fully saturated rings. The van der Waals surface area contributed by atoms with Crippen LogP contribution in [0.15, 0.2) is 18.2 Å². The Hall–Kier alpha value is -1.69. The minimum absolute atomic E-state index is 0.105. The number of rotatable bonds is 5. The van der Waals surface area contributed by atoms with Crippen LogP contribution in [0.3, 0.4) is 0 Å². The molecule has 17 heavy (non-hydrogen) atoms. The molecule has 94 valence electrons. The summed E-state index contributed by atoms with van der Waals surface area (Å²) in [7, 11) is 2.79. The number of halogens is 2. The zero-order valence-electron chi connectivity index (χ0n) is 9.50. The molecule has 1 N–H and O–H groups in total. The molecule has 0 bridgehead atoms. The van der Waals surface area contributed by atoms with Crippen molar-refractivity contribution in [1.82, 2.24) is 5.32 Å². The zero-order chi connectivity index (χ0) is 12.8. The van der Waals surface area contributed by atoms with E-state index in [1.807, 2.05) is 0 Å². The smallest absolute Gasteiger partial charge is 0.326 e. The Morgan fingerprint density at radius 2 is 2.18 bits per heavy atom. The second-order valence-electron chi connectivity index (χ2n) is 3.25. The topological polar surface area (TPSA) is 47.6 Å². The molecule has 1 rings (SSSR count). The lowest BCUT2D eigenvalue weighted by Gasteiger charge is -2.14. The second kappa shape index (κ2) is 6.15. The minimum atomic E-state index is -0.815. The SMILES string of the molecule is CNC(COc1ccc(F)cc1F)C(=O)OC. The van der Waals surface area contributed by atoms with Gasteiger partial charge in [0.1, 0.15) is 18.5 Å². The lowest BCUT2D eigenvalue weighted by Crippen LogP contribution is -2.40. The third-order valence-electron chi connectivity index (χ3n) is 2.13.